The molecule has 12 atom stereocenters. The highest BCUT2D eigenvalue weighted by Crippen LogP contribution is 2.75. The van der Waals surface area contributed by atoms with E-state index in [1.807, 2.05) is 0 Å². The van der Waals surface area contributed by atoms with Crippen LogP contribution in [0.2, 0.25) is 0 Å². The topological polar surface area (TPSA) is 76.0 Å². The molecule has 5 heterocycles. The molecule has 3 fully saturated rings. The Morgan fingerprint density at radius 1 is 0.892 bits per heavy atom. The van der Waals surface area contributed by atoms with Gasteiger partial charge in [0.05, 0.1) is 24.4 Å². The second kappa shape index (κ2) is 11.4. The first-order valence-electron chi connectivity index (χ1n) is 14.1. The number of aliphatic hydroxyl groups is 2. The molecule has 0 saturated carbocycles. The molecule has 0 spiro atoms. The fourth-order valence-corrected chi connectivity index (χ4v) is 14.8. The number of rotatable bonds is 3. The summed E-state index contributed by atoms with van der Waals surface area (Å²) >= 11 is 0. The van der Waals surface area contributed by atoms with E-state index >= 15 is 0 Å². The first-order chi connectivity index (χ1) is 17.0. The van der Waals surface area contributed by atoms with Gasteiger partial charge in [-0.2, -0.15) is 0 Å². The lowest BCUT2D eigenvalue weighted by Crippen LogP contribution is -2.43. The fourth-order valence-electron chi connectivity index (χ4n) is 6.82. The monoisotopic (exact) mass is 554 g/mol. The Bertz CT molecular complexity index is 913. The molecule has 5 rings (SSSR count). The Hall–Kier alpha value is -0.150. The lowest BCUT2D eigenvalue weighted by molar-refractivity contribution is -0.104. The number of ether oxygens (including phenoxy) is 2. The minimum atomic E-state index is -0.593. The molecule has 5 nitrogen and oxygen atoms in total. The average Bonchev–Trinajstić information content (AvgIpc) is 3.52. The Morgan fingerprint density at radius 3 is 1.81 bits per heavy atom. The molecule has 0 amide bonds. The highest BCUT2D eigenvalue weighted by atomic mass is 31.1. The summed E-state index contributed by atoms with van der Waals surface area (Å²) in [6, 6.07) is 0. The van der Waals surface area contributed by atoms with Gasteiger partial charge in [0.2, 0.25) is 0 Å². The average molecular weight is 555 g/mol. The summed E-state index contributed by atoms with van der Waals surface area (Å²) in [5.74, 6) is 1.61. The lowest BCUT2D eigenvalue weighted by Gasteiger charge is -2.44. The van der Waals surface area contributed by atoms with Crippen molar-refractivity contribution in [2.24, 2.45) is 22.7 Å². The van der Waals surface area contributed by atoms with Crippen molar-refractivity contribution in [2.75, 3.05) is 12.3 Å². The van der Waals surface area contributed by atoms with Crippen LogP contribution in [0.1, 0.15) is 83.1 Å². The third-order valence-corrected chi connectivity index (χ3v) is 18.1. The van der Waals surface area contributed by atoms with Gasteiger partial charge in [0.15, 0.2) is 12.6 Å². The smallest absolute Gasteiger partial charge is 0.165 e. The van der Waals surface area contributed by atoms with Crippen LogP contribution < -0.4 is 0 Å². The Morgan fingerprint density at radius 2 is 1.41 bits per heavy atom. The van der Waals surface area contributed by atoms with E-state index in [-0.39, 0.29) is 39.8 Å². The van der Waals surface area contributed by atoms with Crippen molar-refractivity contribution in [3.05, 3.63) is 21.8 Å². The first kappa shape index (κ1) is 31.4. The number of hydrogen-bond acceptors (Lipinski definition) is 5. The van der Waals surface area contributed by atoms with Gasteiger partial charge in [-0.15, -0.1) is 0 Å². The van der Waals surface area contributed by atoms with Gasteiger partial charge in [-0.1, -0.05) is 53.7 Å². The molecule has 0 aromatic heterocycles. The summed E-state index contributed by atoms with van der Waals surface area (Å²) < 4.78 is 12.2. The first-order valence-corrected chi connectivity index (χ1v) is 17.3. The van der Waals surface area contributed by atoms with Crippen LogP contribution in [0.25, 0.3) is 0 Å². The van der Waals surface area contributed by atoms with E-state index in [0.717, 1.165) is 29.1 Å². The number of hydrogen-bond donors (Lipinski definition) is 2. The molecule has 8 unspecified atom stereocenters. The minimum Gasteiger partial charge on any atom is -0.391 e. The predicted octanol–water partition coefficient (Wildman–Crippen LogP) is 6.70. The zero-order chi connectivity index (χ0) is 28.2. The fraction of sp³-hybridized carbons (Fsp3) is 0.833. The third-order valence-electron chi connectivity index (χ3n) is 10.9. The van der Waals surface area contributed by atoms with Crippen LogP contribution >= 0.6 is 15.8 Å². The van der Waals surface area contributed by atoms with Crippen LogP contribution in [0.4, 0.5) is 0 Å². The van der Waals surface area contributed by atoms with E-state index in [1.54, 1.807) is 13.8 Å². The predicted molar refractivity (Wildman–Crippen MR) is 157 cm³/mol. The summed E-state index contributed by atoms with van der Waals surface area (Å²) in [5.41, 5.74) is 5.15. The maximum Gasteiger partial charge on any atom is 0.165 e. The SMILES string of the molecule is CC1=C(C)C2(C)CP1C(C=O)=C2C.CC1C(C)C2(C)CP1C(C1O[C@@H](C)[C@H](C)O1)C2C.C[C@H](O)[C@H](C)O. The summed E-state index contributed by atoms with van der Waals surface area (Å²) in [4.78, 5) is 10.9. The third kappa shape index (κ3) is 5.32. The van der Waals surface area contributed by atoms with E-state index < -0.39 is 12.2 Å². The summed E-state index contributed by atoms with van der Waals surface area (Å²) in [6.07, 6.45) is 3.13. The van der Waals surface area contributed by atoms with E-state index in [9.17, 15) is 4.79 Å². The zero-order valence-corrected chi connectivity index (χ0v) is 27.0. The molecule has 5 aliphatic heterocycles. The lowest BCUT2D eigenvalue weighted by atomic mass is 9.68. The van der Waals surface area contributed by atoms with Gasteiger partial charge >= 0.3 is 0 Å². The highest BCUT2D eigenvalue weighted by Gasteiger charge is 2.63. The molecule has 37 heavy (non-hydrogen) atoms. The van der Waals surface area contributed by atoms with E-state index in [2.05, 4.69) is 69.2 Å². The quantitative estimate of drug-likeness (QED) is 0.300. The van der Waals surface area contributed by atoms with Crippen molar-refractivity contribution in [1.29, 1.82) is 0 Å². The molecule has 0 aromatic rings. The Labute approximate surface area is 228 Å². The second-order valence-corrected chi connectivity index (χ2v) is 17.9. The van der Waals surface area contributed by atoms with Gasteiger partial charge in [0.25, 0.3) is 0 Å². The number of carbonyl (C=O) groups is 1. The largest absolute Gasteiger partial charge is 0.391 e. The van der Waals surface area contributed by atoms with Crippen molar-refractivity contribution in [3.8, 4) is 0 Å². The molecule has 2 N–H and O–H groups in total. The van der Waals surface area contributed by atoms with Crippen molar-refractivity contribution in [3.63, 3.8) is 0 Å². The molecular weight excluding hydrogens is 502 g/mol. The molecule has 0 aliphatic carbocycles. The highest BCUT2D eigenvalue weighted by molar-refractivity contribution is 7.68. The van der Waals surface area contributed by atoms with Gasteiger partial charge in [-0.3, -0.25) is 4.79 Å². The van der Waals surface area contributed by atoms with Gasteiger partial charge < -0.3 is 19.7 Å². The molecule has 212 valence electrons. The molecule has 4 bridgehead atoms. The number of fused-ring (bicyclic) bond motifs is 4. The Kier molecular flexibility index (Phi) is 9.65. The van der Waals surface area contributed by atoms with Crippen LogP contribution in [0.15, 0.2) is 21.8 Å². The molecular formula is C30H52O5P2. The molecule has 5 aliphatic rings. The Balaban J connectivity index is 0.000000175. The number of allylic oxidation sites excluding steroid dienone is 4. The normalized spacial score (nSPS) is 46.0. The number of carbonyl (C=O) groups excluding carboxylic acids is 1. The second-order valence-electron chi connectivity index (χ2n) is 12.8. The van der Waals surface area contributed by atoms with Gasteiger partial charge in [-0.05, 0) is 96.9 Å². The van der Waals surface area contributed by atoms with Crippen molar-refractivity contribution >= 4 is 22.1 Å². The summed E-state index contributed by atoms with van der Waals surface area (Å²) in [7, 11) is -0.150. The molecule has 7 heteroatoms. The van der Waals surface area contributed by atoms with Crippen LogP contribution in [-0.2, 0) is 14.3 Å². The minimum absolute atomic E-state index is 0.0767. The molecule has 0 radical (unpaired) electrons. The van der Waals surface area contributed by atoms with E-state index in [4.69, 9.17) is 19.7 Å². The van der Waals surface area contributed by atoms with Crippen LogP contribution in [0.5, 0.6) is 0 Å². The van der Waals surface area contributed by atoms with Gasteiger partial charge in [-0.25, -0.2) is 0 Å². The number of aldehydes is 1. The maximum absolute atomic E-state index is 10.9. The molecule has 0 aromatic carbocycles. The van der Waals surface area contributed by atoms with Crippen LogP contribution in [-0.4, -0.2) is 70.8 Å². The molecule has 3 saturated heterocycles. The van der Waals surface area contributed by atoms with Crippen molar-refractivity contribution < 1.29 is 24.5 Å². The number of aliphatic hydroxyl groups excluding tert-OH is 2. The van der Waals surface area contributed by atoms with Gasteiger partial charge in [0.1, 0.15) is 0 Å². The van der Waals surface area contributed by atoms with Gasteiger partial charge in [0, 0.05) is 16.4 Å². The van der Waals surface area contributed by atoms with Crippen LogP contribution in [0.3, 0.4) is 0 Å². The van der Waals surface area contributed by atoms with Crippen molar-refractivity contribution in [1.82, 2.24) is 0 Å². The van der Waals surface area contributed by atoms with Crippen LogP contribution in [0, 0.1) is 22.7 Å². The maximum atomic E-state index is 10.9. The summed E-state index contributed by atoms with van der Waals surface area (Å²) in [6.45, 7) is 26.1. The van der Waals surface area contributed by atoms with E-state index in [1.165, 1.54) is 28.8 Å². The summed E-state index contributed by atoms with van der Waals surface area (Å²) in [5, 5.41) is 19.4. The van der Waals surface area contributed by atoms with E-state index in [0.29, 0.717) is 11.1 Å². The zero-order valence-electron chi connectivity index (χ0n) is 25.2. The standard InChI is InChI=1S/C15H27O2P.C11H15OP.C4H10O2/c1-8-12(5)18-7-15(8,6)9(2)13(18)14-16-10(3)11(4)17-14;1-7-9(3)13-6-11(7,4)8(2)10(13)5-12;1-3(5)4(2)6/h8-14H,7H2,1-6H3;5H,6H2,1-4H3;3-6H,1-2H3/t8?,9?,10-,11-,12?,13?,15?,18?;;3-,4-/m0.0/s1. The van der Waals surface area contributed by atoms with Crippen molar-refractivity contribution in [2.45, 2.75) is 125 Å².